The zero-order chi connectivity index (χ0) is 20.9. The van der Waals surface area contributed by atoms with E-state index in [9.17, 15) is 4.79 Å². The second-order valence-electron chi connectivity index (χ2n) is 6.16. The van der Waals surface area contributed by atoms with Crippen molar-refractivity contribution in [2.24, 2.45) is 0 Å². The Hall–Kier alpha value is -2.39. The molecule has 0 radical (unpaired) electrons. The average molecular weight is 476 g/mol. The maximum atomic E-state index is 12.4. The highest BCUT2D eigenvalue weighted by Crippen LogP contribution is 2.29. The van der Waals surface area contributed by atoms with Crippen molar-refractivity contribution in [2.45, 2.75) is 11.6 Å². The Bertz CT molecular complexity index is 1140. The van der Waals surface area contributed by atoms with Crippen LogP contribution in [0.5, 0.6) is 0 Å². The smallest absolute Gasteiger partial charge is 0.236 e. The van der Waals surface area contributed by atoms with E-state index in [4.69, 9.17) is 23.2 Å². The first-order chi connectivity index (χ1) is 14.6. The van der Waals surface area contributed by atoms with Gasteiger partial charge in [0, 0.05) is 33.2 Å². The third-order valence-electron chi connectivity index (χ3n) is 4.10. The van der Waals surface area contributed by atoms with Gasteiger partial charge in [-0.2, -0.15) is 0 Å². The number of para-hydroxylation sites is 1. The van der Waals surface area contributed by atoms with E-state index in [1.807, 2.05) is 41.0 Å². The van der Waals surface area contributed by atoms with Crippen LogP contribution in [-0.4, -0.2) is 31.4 Å². The van der Waals surface area contributed by atoms with E-state index < -0.39 is 0 Å². The maximum absolute atomic E-state index is 12.4. The van der Waals surface area contributed by atoms with Gasteiger partial charge < -0.3 is 5.32 Å². The number of aromatic nitrogens is 4. The van der Waals surface area contributed by atoms with Gasteiger partial charge in [0.1, 0.15) is 6.33 Å². The van der Waals surface area contributed by atoms with Gasteiger partial charge in [-0.25, -0.2) is 4.98 Å². The lowest BCUT2D eigenvalue weighted by Crippen LogP contribution is -2.14. The molecule has 10 heteroatoms. The highest BCUT2D eigenvalue weighted by atomic mass is 35.5. The molecule has 0 bridgehead atoms. The zero-order valence-electron chi connectivity index (χ0n) is 15.5. The van der Waals surface area contributed by atoms with Crippen LogP contribution in [0.2, 0.25) is 10.0 Å². The lowest BCUT2D eigenvalue weighted by molar-refractivity contribution is -0.113. The van der Waals surface area contributed by atoms with Gasteiger partial charge in [-0.15, -0.1) is 21.5 Å². The van der Waals surface area contributed by atoms with E-state index in [0.717, 1.165) is 16.1 Å². The Labute approximate surface area is 191 Å². The van der Waals surface area contributed by atoms with Gasteiger partial charge in [0.15, 0.2) is 10.3 Å². The first-order valence-corrected chi connectivity index (χ1v) is 11.4. The number of anilines is 1. The monoisotopic (exact) mass is 475 g/mol. The number of amides is 1. The standard InChI is InChI=1S/C20H15Cl2N5OS2/c21-16-7-4-8-17(22)15(16)9-14-10-23-19(30-14)25-18(28)11-29-20-26-24-12-27(20)13-5-2-1-3-6-13/h1-8,10,12H,9,11H2,(H,23,25,28). The van der Waals surface area contributed by atoms with E-state index in [1.165, 1.54) is 23.1 Å². The number of nitrogens with zero attached hydrogens (tertiary/aromatic N) is 4. The predicted molar refractivity (Wildman–Crippen MR) is 122 cm³/mol. The molecule has 0 aliphatic heterocycles. The highest BCUT2D eigenvalue weighted by molar-refractivity contribution is 7.99. The molecule has 0 saturated heterocycles. The molecule has 152 valence electrons. The van der Waals surface area contributed by atoms with Crippen molar-refractivity contribution in [2.75, 3.05) is 11.1 Å². The number of benzene rings is 2. The largest absolute Gasteiger partial charge is 0.301 e. The molecule has 0 spiro atoms. The minimum absolute atomic E-state index is 0.167. The average Bonchev–Trinajstić information content (AvgIpc) is 3.39. The van der Waals surface area contributed by atoms with Crippen LogP contribution < -0.4 is 5.32 Å². The number of hydrogen-bond acceptors (Lipinski definition) is 6. The summed E-state index contributed by atoms with van der Waals surface area (Å²) in [6, 6.07) is 15.1. The van der Waals surface area contributed by atoms with Crippen LogP contribution in [0.15, 0.2) is 66.2 Å². The molecule has 4 aromatic rings. The second-order valence-corrected chi connectivity index (χ2v) is 9.04. The van der Waals surface area contributed by atoms with E-state index in [2.05, 4.69) is 20.5 Å². The summed E-state index contributed by atoms with van der Waals surface area (Å²) in [7, 11) is 0. The van der Waals surface area contributed by atoms with Crippen molar-refractivity contribution in [3.8, 4) is 5.69 Å². The molecule has 2 aromatic heterocycles. The fourth-order valence-electron chi connectivity index (χ4n) is 2.70. The van der Waals surface area contributed by atoms with Crippen LogP contribution in [0.4, 0.5) is 5.13 Å². The molecule has 0 atom stereocenters. The van der Waals surface area contributed by atoms with Crippen molar-refractivity contribution >= 4 is 57.3 Å². The van der Waals surface area contributed by atoms with Crippen molar-refractivity contribution < 1.29 is 4.79 Å². The molecule has 2 aromatic carbocycles. The van der Waals surface area contributed by atoms with Gasteiger partial charge in [0.25, 0.3) is 0 Å². The SMILES string of the molecule is O=C(CSc1nncn1-c1ccccc1)Nc1ncc(Cc2c(Cl)cccc2Cl)s1. The summed E-state index contributed by atoms with van der Waals surface area (Å²) >= 11 is 15.2. The zero-order valence-corrected chi connectivity index (χ0v) is 18.6. The molecule has 6 nitrogen and oxygen atoms in total. The van der Waals surface area contributed by atoms with Gasteiger partial charge >= 0.3 is 0 Å². The maximum Gasteiger partial charge on any atom is 0.236 e. The van der Waals surface area contributed by atoms with Gasteiger partial charge in [-0.1, -0.05) is 59.2 Å². The number of halogens is 2. The molecule has 0 aliphatic carbocycles. The number of rotatable bonds is 7. The van der Waals surface area contributed by atoms with E-state index in [1.54, 1.807) is 24.7 Å². The summed E-state index contributed by atoms with van der Waals surface area (Å²) < 4.78 is 1.84. The first kappa shape index (κ1) is 20.9. The summed E-state index contributed by atoms with van der Waals surface area (Å²) in [6.07, 6.45) is 3.91. The summed E-state index contributed by atoms with van der Waals surface area (Å²) in [6.45, 7) is 0. The fraction of sp³-hybridized carbons (Fsp3) is 0.100. The van der Waals surface area contributed by atoms with E-state index in [0.29, 0.717) is 26.8 Å². The minimum atomic E-state index is -0.167. The lowest BCUT2D eigenvalue weighted by Gasteiger charge is -2.06. The summed E-state index contributed by atoms with van der Waals surface area (Å²) in [5.41, 5.74) is 1.78. The van der Waals surface area contributed by atoms with Crippen molar-refractivity contribution in [3.05, 3.63) is 81.5 Å². The van der Waals surface area contributed by atoms with Crippen molar-refractivity contribution in [3.63, 3.8) is 0 Å². The van der Waals surface area contributed by atoms with Gasteiger partial charge in [0.2, 0.25) is 5.91 Å². The van der Waals surface area contributed by atoms with Crippen LogP contribution in [0.3, 0.4) is 0 Å². The molecule has 0 unspecified atom stereocenters. The Morgan fingerprint density at radius 2 is 1.87 bits per heavy atom. The molecule has 0 aliphatic rings. The van der Waals surface area contributed by atoms with Crippen LogP contribution in [0, 0.1) is 0 Å². The predicted octanol–water partition coefficient (Wildman–Crippen LogP) is 5.35. The number of thioether (sulfide) groups is 1. The van der Waals surface area contributed by atoms with Crippen molar-refractivity contribution in [1.82, 2.24) is 19.7 Å². The Balaban J connectivity index is 1.35. The quantitative estimate of drug-likeness (QED) is 0.364. The fourth-order valence-corrected chi connectivity index (χ4v) is 4.80. The van der Waals surface area contributed by atoms with Gasteiger partial charge in [0.05, 0.1) is 5.75 Å². The number of hydrogen-bond donors (Lipinski definition) is 1. The topological polar surface area (TPSA) is 72.7 Å². The summed E-state index contributed by atoms with van der Waals surface area (Å²) in [5.74, 6) is 0.0239. The molecule has 30 heavy (non-hydrogen) atoms. The third-order valence-corrected chi connectivity index (χ3v) is 6.66. The third kappa shape index (κ3) is 5.02. The van der Waals surface area contributed by atoms with E-state index in [-0.39, 0.29) is 11.7 Å². The Kier molecular flexibility index (Phi) is 6.69. The van der Waals surface area contributed by atoms with Gasteiger partial charge in [-0.3, -0.25) is 9.36 Å². The summed E-state index contributed by atoms with van der Waals surface area (Å²) in [4.78, 5) is 17.6. The molecule has 0 saturated carbocycles. The molecular weight excluding hydrogens is 461 g/mol. The second kappa shape index (κ2) is 9.61. The number of thiazole rings is 1. The Morgan fingerprint density at radius 3 is 2.63 bits per heavy atom. The van der Waals surface area contributed by atoms with E-state index >= 15 is 0 Å². The van der Waals surface area contributed by atoms with Crippen LogP contribution in [-0.2, 0) is 11.2 Å². The van der Waals surface area contributed by atoms with Gasteiger partial charge in [-0.05, 0) is 29.8 Å². The van der Waals surface area contributed by atoms with Crippen LogP contribution in [0.25, 0.3) is 5.69 Å². The number of nitrogens with one attached hydrogen (secondary N) is 1. The highest BCUT2D eigenvalue weighted by Gasteiger charge is 2.13. The number of carbonyl (C=O) groups is 1. The van der Waals surface area contributed by atoms with Crippen LogP contribution >= 0.6 is 46.3 Å². The Morgan fingerprint density at radius 1 is 1.10 bits per heavy atom. The normalized spacial score (nSPS) is 10.9. The molecule has 1 N–H and O–H groups in total. The van der Waals surface area contributed by atoms with Crippen LogP contribution in [0.1, 0.15) is 10.4 Å². The number of carbonyl (C=O) groups excluding carboxylic acids is 1. The molecule has 2 heterocycles. The molecule has 1 amide bonds. The minimum Gasteiger partial charge on any atom is -0.301 e. The molecule has 0 fully saturated rings. The first-order valence-electron chi connectivity index (χ1n) is 8.86. The summed E-state index contributed by atoms with van der Waals surface area (Å²) in [5, 5.41) is 13.3. The molecular formula is C20H15Cl2N5OS2. The van der Waals surface area contributed by atoms with Crippen molar-refractivity contribution in [1.29, 1.82) is 0 Å². The lowest BCUT2D eigenvalue weighted by atomic mass is 10.1. The molecule has 4 rings (SSSR count).